The summed E-state index contributed by atoms with van der Waals surface area (Å²) in [6.07, 6.45) is -4.55. The van der Waals surface area contributed by atoms with Gasteiger partial charge in [0.2, 0.25) is 5.95 Å². The van der Waals surface area contributed by atoms with Crippen molar-refractivity contribution in [3.63, 3.8) is 0 Å². The summed E-state index contributed by atoms with van der Waals surface area (Å²) in [5.74, 6) is -0.933. The largest absolute Gasteiger partial charge is 0.418 e. The van der Waals surface area contributed by atoms with Crippen molar-refractivity contribution >= 4 is 0 Å². The molecule has 0 unspecified atom stereocenters. The van der Waals surface area contributed by atoms with Crippen molar-refractivity contribution in [3.8, 4) is 11.3 Å². The average molecular weight is 241 g/mol. The zero-order valence-corrected chi connectivity index (χ0v) is 8.50. The first-order valence-electron chi connectivity index (χ1n) is 4.77. The van der Waals surface area contributed by atoms with Gasteiger partial charge in [-0.25, -0.2) is 4.98 Å². The zero-order chi connectivity index (χ0) is 12.5. The Balaban J connectivity index is 2.64. The van der Waals surface area contributed by atoms with Gasteiger partial charge in [-0.15, -0.1) is 0 Å². The van der Waals surface area contributed by atoms with Crippen molar-refractivity contribution in [2.75, 3.05) is 0 Å². The Hall–Kier alpha value is -1.91. The molecular weight excluding hydrogens is 234 g/mol. The van der Waals surface area contributed by atoms with E-state index in [2.05, 4.69) is 4.98 Å². The van der Waals surface area contributed by atoms with Crippen LogP contribution in [-0.4, -0.2) is 4.98 Å². The molecule has 0 amide bonds. The lowest BCUT2D eigenvalue weighted by Gasteiger charge is -2.11. The highest BCUT2D eigenvalue weighted by molar-refractivity contribution is 5.63. The lowest BCUT2D eigenvalue weighted by molar-refractivity contribution is -0.137. The van der Waals surface area contributed by atoms with Crippen LogP contribution < -0.4 is 0 Å². The maximum Gasteiger partial charge on any atom is 0.418 e. The molecule has 1 nitrogen and oxygen atoms in total. The molecule has 88 valence electrons. The number of aromatic nitrogens is 1. The normalized spacial score (nSPS) is 11.5. The molecule has 0 aliphatic heterocycles. The van der Waals surface area contributed by atoms with Crippen molar-refractivity contribution in [3.05, 3.63) is 54.0 Å². The van der Waals surface area contributed by atoms with Gasteiger partial charge in [0.25, 0.3) is 0 Å². The standard InChI is InChI=1S/C12H7F4N/c13-10-7-6-9(12(14,15)16)11(17-10)8-4-2-1-3-5-8/h1-7H. The molecule has 0 saturated heterocycles. The van der Waals surface area contributed by atoms with Crippen molar-refractivity contribution in [2.45, 2.75) is 6.18 Å². The molecule has 0 bridgehead atoms. The quantitative estimate of drug-likeness (QED) is 0.545. The van der Waals surface area contributed by atoms with E-state index in [1.165, 1.54) is 12.1 Å². The van der Waals surface area contributed by atoms with Crippen LogP contribution in [-0.2, 0) is 6.18 Å². The average Bonchev–Trinajstić information content (AvgIpc) is 2.28. The first-order chi connectivity index (χ1) is 7.98. The molecule has 2 aromatic rings. The minimum atomic E-state index is -4.55. The Morgan fingerprint density at radius 1 is 0.882 bits per heavy atom. The van der Waals surface area contributed by atoms with Crippen molar-refractivity contribution in [1.29, 1.82) is 0 Å². The van der Waals surface area contributed by atoms with E-state index in [-0.39, 0.29) is 5.56 Å². The summed E-state index contributed by atoms with van der Waals surface area (Å²) in [7, 11) is 0. The first kappa shape index (κ1) is 11.6. The van der Waals surface area contributed by atoms with E-state index in [4.69, 9.17) is 0 Å². The van der Waals surface area contributed by atoms with Crippen LogP contribution in [0.2, 0.25) is 0 Å². The van der Waals surface area contributed by atoms with Crippen LogP contribution in [0.15, 0.2) is 42.5 Å². The monoisotopic (exact) mass is 241 g/mol. The van der Waals surface area contributed by atoms with E-state index in [1.54, 1.807) is 18.2 Å². The van der Waals surface area contributed by atoms with E-state index < -0.39 is 23.4 Å². The van der Waals surface area contributed by atoms with E-state index >= 15 is 0 Å². The molecule has 0 atom stereocenters. The Bertz CT molecular complexity index is 520. The minimum Gasteiger partial charge on any atom is -0.219 e. The lowest BCUT2D eigenvalue weighted by atomic mass is 10.1. The zero-order valence-electron chi connectivity index (χ0n) is 8.50. The number of rotatable bonds is 1. The summed E-state index contributed by atoms with van der Waals surface area (Å²) < 4.78 is 51.1. The first-order valence-corrected chi connectivity index (χ1v) is 4.77. The molecule has 0 aliphatic rings. The van der Waals surface area contributed by atoms with Gasteiger partial charge < -0.3 is 0 Å². The second-order valence-corrected chi connectivity index (χ2v) is 3.39. The van der Waals surface area contributed by atoms with Gasteiger partial charge in [0.15, 0.2) is 0 Å². The summed E-state index contributed by atoms with van der Waals surface area (Å²) in [6, 6.07) is 9.12. The van der Waals surface area contributed by atoms with Gasteiger partial charge in [-0.3, -0.25) is 0 Å². The fourth-order valence-electron chi connectivity index (χ4n) is 1.48. The van der Waals surface area contributed by atoms with Gasteiger partial charge in [-0.05, 0) is 12.1 Å². The minimum absolute atomic E-state index is 0.235. The summed E-state index contributed by atoms with van der Waals surface area (Å²) >= 11 is 0. The SMILES string of the molecule is Fc1ccc(C(F)(F)F)c(-c2ccccc2)n1. The number of benzene rings is 1. The Kier molecular flexibility index (Phi) is 2.83. The highest BCUT2D eigenvalue weighted by Crippen LogP contribution is 2.35. The number of halogens is 4. The topological polar surface area (TPSA) is 12.9 Å². The molecule has 17 heavy (non-hydrogen) atoms. The maximum absolute atomic E-state index is 12.9. The number of nitrogens with zero attached hydrogens (tertiary/aromatic N) is 1. The molecule has 0 aliphatic carbocycles. The second-order valence-electron chi connectivity index (χ2n) is 3.39. The molecule has 0 saturated carbocycles. The predicted molar refractivity (Wildman–Crippen MR) is 54.6 cm³/mol. The smallest absolute Gasteiger partial charge is 0.219 e. The van der Waals surface area contributed by atoms with Crippen LogP contribution in [0.5, 0.6) is 0 Å². The Labute approximate surface area is 94.7 Å². The lowest BCUT2D eigenvalue weighted by Crippen LogP contribution is -2.09. The number of hydrogen-bond acceptors (Lipinski definition) is 1. The Morgan fingerprint density at radius 2 is 1.53 bits per heavy atom. The van der Waals surface area contributed by atoms with Crippen molar-refractivity contribution in [2.24, 2.45) is 0 Å². The number of hydrogen-bond donors (Lipinski definition) is 0. The molecule has 0 N–H and O–H groups in total. The molecule has 0 fully saturated rings. The molecular formula is C12H7F4N. The van der Waals surface area contributed by atoms with Crippen LogP contribution >= 0.6 is 0 Å². The van der Waals surface area contributed by atoms with Gasteiger partial charge >= 0.3 is 6.18 Å². The molecule has 1 aromatic carbocycles. The van der Waals surface area contributed by atoms with Gasteiger partial charge in [0.05, 0.1) is 11.3 Å². The molecule has 0 radical (unpaired) electrons. The van der Waals surface area contributed by atoms with Gasteiger partial charge in [-0.2, -0.15) is 17.6 Å². The third-order valence-electron chi connectivity index (χ3n) is 2.21. The van der Waals surface area contributed by atoms with Gasteiger partial charge in [0, 0.05) is 5.56 Å². The molecule has 5 heteroatoms. The highest BCUT2D eigenvalue weighted by atomic mass is 19.4. The van der Waals surface area contributed by atoms with Crippen molar-refractivity contribution in [1.82, 2.24) is 4.98 Å². The van der Waals surface area contributed by atoms with Crippen LogP contribution in [0.4, 0.5) is 17.6 Å². The maximum atomic E-state index is 12.9. The second kappa shape index (κ2) is 4.16. The van der Waals surface area contributed by atoms with Crippen LogP contribution in [0.1, 0.15) is 5.56 Å². The molecule has 0 spiro atoms. The summed E-state index contributed by atoms with van der Waals surface area (Å²) in [4.78, 5) is 3.32. The van der Waals surface area contributed by atoms with Gasteiger partial charge in [0.1, 0.15) is 0 Å². The van der Waals surface area contributed by atoms with Crippen LogP contribution in [0, 0.1) is 5.95 Å². The molecule has 1 heterocycles. The van der Waals surface area contributed by atoms with Crippen LogP contribution in [0.3, 0.4) is 0 Å². The Morgan fingerprint density at radius 3 is 2.12 bits per heavy atom. The summed E-state index contributed by atoms with van der Waals surface area (Å²) in [5, 5.41) is 0. The van der Waals surface area contributed by atoms with E-state index in [1.807, 2.05) is 0 Å². The third kappa shape index (κ3) is 2.43. The highest BCUT2D eigenvalue weighted by Gasteiger charge is 2.34. The summed E-state index contributed by atoms with van der Waals surface area (Å²) in [5.41, 5.74) is -1.09. The number of alkyl halides is 3. The fourth-order valence-corrected chi connectivity index (χ4v) is 1.48. The third-order valence-corrected chi connectivity index (χ3v) is 2.21. The van der Waals surface area contributed by atoms with E-state index in [0.29, 0.717) is 12.1 Å². The fraction of sp³-hybridized carbons (Fsp3) is 0.0833. The van der Waals surface area contributed by atoms with E-state index in [9.17, 15) is 17.6 Å². The van der Waals surface area contributed by atoms with Crippen molar-refractivity contribution < 1.29 is 17.6 Å². The van der Waals surface area contributed by atoms with Gasteiger partial charge in [-0.1, -0.05) is 30.3 Å². The molecule has 1 aromatic heterocycles. The van der Waals surface area contributed by atoms with E-state index in [0.717, 1.165) is 0 Å². The van der Waals surface area contributed by atoms with Crippen LogP contribution in [0.25, 0.3) is 11.3 Å². The molecule has 2 rings (SSSR count). The number of pyridine rings is 1. The predicted octanol–water partition coefficient (Wildman–Crippen LogP) is 3.91. The summed E-state index contributed by atoms with van der Waals surface area (Å²) in [6.45, 7) is 0.